The predicted octanol–water partition coefficient (Wildman–Crippen LogP) is 5.33. The van der Waals surface area contributed by atoms with E-state index in [1.807, 2.05) is 0 Å². The Labute approximate surface area is 129 Å². The van der Waals surface area contributed by atoms with Crippen LogP contribution in [0.4, 0.5) is 18.9 Å². The maximum Gasteiger partial charge on any atom is 0.418 e. The fourth-order valence-corrected chi connectivity index (χ4v) is 2.16. The molecule has 2 N–H and O–H groups in total. The number of phenols is 1. The zero-order chi connectivity index (χ0) is 15.6. The van der Waals surface area contributed by atoms with Crippen molar-refractivity contribution >= 4 is 28.9 Å². The summed E-state index contributed by atoms with van der Waals surface area (Å²) < 4.78 is 38.8. The molecule has 7 heteroatoms. The second-order valence-corrected chi connectivity index (χ2v) is 5.13. The summed E-state index contributed by atoms with van der Waals surface area (Å²) >= 11 is 11.3. The molecule has 0 saturated heterocycles. The zero-order valence-corrected chi connectivity index (χ0v) is 12.0. The Hall–Kier alpha value is -1.59. The number of hydrogen-bond donors (Lipinski definition) is 2. The highest BCUT2D eigenvalue weighted by molar-refractivity contribution is 6.32. The largest absolute Gasteiger partial charge is 0.506 e. The first-order chi connectivity index (χ1) is 9.79. The van der Waals surface area contributed by atoms with E-state index >= 15 is 0 Å². The van der Waals surface area contributed by atoms with Crippen LogP contribution in [0, 0.1) is 0 Å². The van der Waals surface area contributed by atoms with E-state index in [2.05, 4.69) is 5.32 Å². The summed E-state index contributed by atoms with van der Waals surface area (Å²) in [7, 11) is 0. The fourth-order valence-electron chi connectivity index (χ4n) is 1.80. The van der Waals surface area contributed by atoms with Crippen molar-refractivity contribution in [3.63, 3.8) is 0 Å². The van der Waals surface area contributed by atoms with E-state index in [9.17, 15) is 18.3 Å². The van der Waals surface area contributed by atoms with Crippen LogP contribution in [0.2, 0.25) is 10.0 Å². The Morgan fingerprint density at radius 2 is 1.81 bits per heavy atom. The third-order valence-electron chi connectivity index (χ3n) is 2.83. The molecule has 0 amide bonds. The number of rotatable bonds is 3. The smallest absolute Gasteiger partial charge is 0.418 e. The van der Waals surface area contributed by atoms with Gasteiger partial charge in [0.25, 0.3) is 0 Å². The Kier molecular flexibility index (Phi) is 4.54. The minimum atomic E-state index is -4.52. The van der Waals surface area contributed by atoms with Crippen molar-refractivity contribution in [3.8, 4) is 5.75 Å². The van der Waals surface area contributed by atoms with Gasteiger partial charge in [-0.05, 0) is 24.3 Å². The molecule has 0 unspecified atom stereocenters. The Morgan fingerprint density at radius 3 is 2.48 bits per heavy atom. The van der Waals surface area contributed by atoms with E-state index in [1.54, 1.807) is 12.1 Å². The molecule has 0 fully saturated rings. The summed E-state index contributed by atoms with van der Waals surface area (Å²) in [6.07, 6.45) is -4.52. The van der Waals surface area contributed by atoms with Crippen LogP contribution in [0.15, 0.2) is 36.4 Å². The molecular formula is C14H10Cl2F3NO. The fraction of sp³-hybridized carbons (Fsp3) is 0.143. The maximum atomic E-state index is 12.9. The van der Waals surface area contributed by atoms with Crippen LogP contribution in [0.5, 0.6) is 5.75 Å². The minimum absolute atomic E-state index is 0.00141. The highest BCUT2D eigenvalue weighted by Gasteiger charge is 2.33. The number of phenolic OH excluding ortho intramolecular Hbond substituents is 1. The van der Waals surface area contributed by atoms with Crippen LogP contribution in [0.1, 0.15) is 11.1 Å². The number of para-hydroxylation sites is 1. The molecule has 0 aromatic heterocycles. The van der Waals surface area contributed by atoms with Crippen LogP contribution >= 0.6 is 23.2 Å². The van der Waals surface area contributed by atoms with E-state index in [0.29, 0.717) is 5.56 Å². The molecule has 0 radical (unpaired) electrons. The highest BCUT2D eigenvalue weighted by atomic mass is 35.5. The lowest BCUT2D eigenvalue weighted by molar-refractivity contribution is -0.136. The first-order valence-corrected chi connectivity index (χ1v) is 6.61. The third-order valence-corrected chi connectivity index (χ3v) is 3.37. The molecule has 21 heavy (non-hydrogen) atoms. The Bertz CT molecular complexity index is 659. The number of hydrogen-bond acceptors (Lipinski definition) is 2. The second-order valence-electron chi connectivity index (χ2n) is 4.29. The monoisotopic (exact) mass is 335 g/mol. The van der Waals surface area contributed by atoms with Crippen molar-refractivity contribution in [1.82, 2.24) is 0 Å². The Morgan fingerprint density at radius 1 is 1.10 bits per heavy atom. The molecule has 2 aromatic rings. The van der Waals surface area contributed by atoms with Crippen LogP contribution in [-0.2, 0) is 12.7 Å². The molecule has 0 heterocycles. The van der Waals surface area contributed by atoms with E-state index in [0.717, 1.165) is 6.07 Å². The molecule has 0 aliphatic rings. The van der Waals surface area contributed by atoms with Gasteiger partial charge in [0.05, 0.1) is 10.6 Å². The van der Waals surface area contributed by atoms with E-state index in [-0.39, 0.29) is 28.0 Å². The van der Waals surface area contributed by atoms with Crippen molar-refractivity contribution in [2.75, 3.05) is 5.32 Å². The molecule has 0 bridgehead atoms. The van der Waals surface area contributed by atoms with Gasteiger partial charge in [0, 0.05) is 22.8 Å². The molecular weight excluding hydrogens is 326 g/mol. The summed E-state index contributed by atoms with van der Waals surface area (Å²) in [5.41, 5.74) is -0.589. The van der Waals surface area contributed by atoms with Gasteiger partial charge < -0.3 is 10.4 Å². The highest BCUT2D eigenvalue weighted by Crippen LogP contribution is 2.37. The van der Waals surface area contributed by atoms with Gasteiger partial charge in [0.2, 0.25) is 0 Å². The van der Waals surface area contributed by atoms with Gasteiger partial charge in [0.15, 0.2) is 0 Å². The van der Waals surface area contributed by atoms with Gasteiger partial charge in [-0.25, -0.2) is 0 Å². The minimum Gasteiger partial charge on any atom is -0.506 e. The lowest BCUT2D eigenvalue weighted by atomic mass is 10.1. The molecule has 0 aliphatic carbocycles. The zero-order valence-electron chi connectivity index (χ0n) is 10.5. The lowest BCUT2D eigenvalue weighted by Crippen LogP contribution is -2.11. The average Bonchev–Trinajstić information content (AvgIpc) is 2.40. The molecule has 0 spiro atoms. The van der Waals surface area contributed by atoms with Crippen molar-refractivity contribution in [1.29, 1.82) is 0 Å². The van der Waals surface area contributed by atoms with E-state index in [1.165, 1.54) is 18.2 Å². The number of anilines is 1. The summed E-state index contributed by atoms with van der Waals surface area (Å²) in [5.74, 6) is -0.158. The van der Waals surface area contributed by atoms with Gasteiger partial charge in [0.1, 0.15) is 5.75 Å². The van der Waals surface area contributed by atoms with Crippen LogP contribution in [0.25, 0.3) is 0 Å². The van der Waals surface area contributed by atoms with Gasteiger partial charge in [-0.15, -0.1) is 0 Å². The van der Waals surface area contributed by atoms with Gasteiger partial charge >= 0.3 is 6.18 Å². The summed E-state index contributed by atoms with van der Waals surface area (Å²) in [6, 6.07) is 8.11. The molecule has 112 valence electrons. The quantitative estimate of drug-likeness (QED) is 0.794. The van der Waals surface area contributed by atoms with E-state index < -0.39 is 11.7 Å². The predicted molar refractivity (Wildman–Crippen MR) is 76.9 cm³/mol. The number of benzene rings is 2. The third kappa shape index (κ3) is 3.74. The van der Waals surface area contributed by atoms with Crippen LogP contribution in [-0.4, -0.2) is 5.11 Å². The van der Waals surface area contributed by atoms with E-state index in [4.69, 9.17) is 23.2 Å². The molecule has 2 aromatic carbocycles. The molecule has 0 atom stereocenters. The first kappa shape index (κ1) is 15.8. The summed E-state index contributed by atoms with van der Waals surface area (Å²) in [4.78, 5) is 0. The van der Waals surface area contributed by atoms with Crippen LogP contribution < -0.4 is 5.32 Å². The Balaban J connectivity index is 2.26. The summed E-state index contributed by atoms with van der Waals surface area (Å²) in [6.45, 7) is -0.00287. The molecule has 2 rings (SSSR count). The van der Waals surface area contributed by atoms with Crippen molar-refractivity contribution < 1.29 is 18.3 Å². The first-order valence-electron chi connectivity index (χ1n) is 5.86. The summed E-state index contributed by atoms with van der Waals surface area (Å²) in [5, 5.41) is 12.5. The van der Waals surface area contributed by atoms with Gasteiger partial charge in [-0.2, -0.15) is 13.2 Å². The number of nitrogens with one attached hydrogen (secondary N) is 1. The second kappa shape index (κ2) is 6.03. The van der Waals surface area contributed by atoms with Crippen LogP contribution in [0.3, 0.4) is 0 Å². The molecule has 0 saturated carbocycles. The topological polar surface area (TPSA) is 32.3 Å². The lowest BCUT2D eigenvalue weighted by Gasteiger charge is -2.15. The SMILES string of the molecule is Oc1c(Cl)cccc1CNc1ccc(Cl)cc1C(F)(F)F. The number of aromatic hydroxyl groups is 1. The van der Waals surface area contributed by atoms with Crippen molar-refractivity contribution in [2.45, 2.75) is 12.7 Å². The standard InChI is InChI=1S/C14H10Cl2F3NO/c15-9-4-5-12(10(6-9)14(17,18)19)20-7-8-2-1-3-11(16)13(8)21/h1-6,20-21H,7H2. The molecule has 2 nitrogen and oxygen atoms in total. The van der Waals surface area contributed by atoms with Crippen molar-refractivity contribution in [2.24, 2.45) is 0 Å². The van der Waals surface area contributed by atoms with Gasteiger partial charge in [-0.3, -0.25) is 0 Å². The number of halogens is 5. The average molecular weight is 336 g/mol. The maximum absolute atomic E-state index is 12.9. The normalized spacial score (nSPS) is 11.5. The van der Waals surface area contributed by atoms with Crippen molar-refractivity contribution in [3.05, 3.63) is 57.6 Å². The molecule has 0 aliphatic heterocycles. The number of alkyl halides is 3. The van der Waals surface area contributed by atoms with Gasteiger partial charge in [-0.1, -0.05) is 35.3 Å².